The number of nitrogens with one attached hydrogen (secondary N) is 1. The number of ether oxygens (including phenoxy) is 2. The Hall–Kier alpha value is -3.06. The van der Waals surface area contributed by atoms with Crippen LogP contribution in [-0.4, -0.2) is 35.2 Å². The molecular formula is C23H25N4O2S+. The van der Waals surface area contributed by atoms with Crippen molar-refractivity contribution in [2.45, 2.75) is 25.9 Å². The lowest BCUT2D eigenvalue weighted by Gasteiger charge is -2.15. The van der Waals surface area contributed by atoms with E-state index in [1.165, 1.54) is 5.56 Å². The lowest BCUT2D eigenvalue weighted by Crippen LogP contribution is -2.38. The van der Waals surface area contributed by atoms with Gasteiger partial charge in [-0.05, 0) is 48.2 Å². The number of hydrogen-bond acceptors (Lipinski definition) is 5. The number of H-pyrrole nitrogens is 1. The minimum Gasteiger partial charge on any atom is -0.493 e. The van der Waals surface area contributed by atoms with E-state index < -0.39 is 0 Å². The minimum atomic E-state index is 0.688. The quantitative estimate of drug-likeness (QED) is 0.363. The van der Waals surface area contributed by atoms with E-state index in [-0.39, 0.29) is 0 Å². The second kappa shape index (κ2) is 8.36. The molecule has 7 heteroatoms. The summed E-state index contributed by atoms with van der Waals surface area (Å²) in [5, 5.41) is 10.3. The first-order valence-electron chi connectivity index (χ1n) is 9.79. The average molecular weight is 422 g/mol. The van der Waals surface area contributed by atoms with Gasteiger partial charge in [0.05, 0.1) is 19.9 Å². The van der Waals surface area contributed by atoms with Crippen LogP contribution in [-0.2, 0) is 0 Å². The number of nitrogens with zero attached hydrogens (tertiary/aromatic N) is 3. The first-order chi connectivity index (χ1) is 14.5. The van der Waals surface area contributed by atoms with Crippen LogP contribution in [0.25, 0.3) is 28.0 Å². The Bertz CT molecular complexity index is 1200. The highest BCUT2D eigenvalue weighted by atomic mass is 32.2. The highest BCUT2D eigenvalue weighted by Crippen LogP contribution is 2.36. The van der Waals surface area contributed by atoms with Crippen molar-refractivity contribution in [3.8, 4) is 28.7 Å². The second-order valence-corrected chi connectivity index (χ2v) is 8.24. The third kappa shape index (κ3) is 3.61. The van der Waals surface area contributed by atoms with Crippen LogP contribution in [0.3, 0.4) is 0 Å². The number of aromatic amines is 1. The average Bonchev–Trinajstić information content (AvgIpc) is 3.21. The van der Waals surface area contributed by atoms with E-state index in [9.17, 15) is 0 Å². The van der Waals surface area contributed by atoms with Crippen LogP contribution in [0.2, 0.25) is 0 Å². The Balaban J connectivity index is 2.07. The van der Waals surface area contributed by atoms with Crippen molar-refractivity contribution in [2.75, 3.05) is 20.0 Å². The number of thioether (sulfide) groups is 1. The Morgan fingerprint density at radius 3 is 2.37 bits per heavy atom. The molecule has 2 heterocycles. The molecule has 2 aromatic heterocycles. The number of methoxy groups -OCH3 is 2. The van der Waals surface area contributed by atoms with Crippen LogP contribution in [0.1, 0.15) is 18.2 Å². The first-order valence-corrected chi connectivity index (χ1v) is 10.8. The fourth-order valence-electron chi connectivity index (χ4n) is 3.61. The number of aromatic nitrogens is 4. The maximum absolute atomic E-state index is 5.59. The van der Waals surface area contributed by atoms with Crippen molar-refractivity contribution >= 4 is 22.5 Å². The Labute approximate surface area is 180 Å². The first kappa shape index (κ1) is 20.2. The summed E-state index contributed by atoms with van der Waals surface area (Å²) >= 11 is 1.61. The number of benzene rings is 2. The second-order valence-electron chi connectivity index (χ2n) is 7.00. The fraction of sp³-hybridized carbons (Fsp3) is 0.261. The number of fused-ring (bicyclic) bond motifs is 1. The van der Waals surface area contributed by atoms with E-state index in [0.29, 0.717) is 17.4 Å². The predicted molar refractivity (Wildman–Crippen MR) is 120 cm³/mol. The van der Waals surface area contributed by atoms with Crippen LogP contribution in [0.4, 0.5) is 0 Å². The van der Waals surface area contributed by atoms with E-state index in [0.717, 1.165) is 38.6 Å². The number of hydrogen-bond donors (Lipinski definition) is 1. The van der Waals surface area contributed by atoms with Crippen molar-refractivity contribution < 1.29 is 14.0 Å². The van der Waals surface area contributed by atoms with Gasteiger partial charge in [-0.2, -0.15) is 4.57 Å². The van der Waals surface area contributed by atoms with Gasteiger partial charge in [0.1, 0.15) is 5.69 Å². The molecule has 4 aromatic rings. The highest BCUT2D eigenvalue weighted by Gasteiger charge is 2.24. The lowest BCUT2D eigenvalue weighted by molar-refractivity contribution is -0.597. The molecule has 0 saturated heterocycles. The molecule has 0 fully saturated rings. The minimum absolute atomic E-state index is 0.688. The van der Waals surface area contributed by atoms with E-state index >= 15 is 0 Å². The molecule has 30 heavy (non-hydrogen) atoms. The molecule has 0 saturated carbocycles. The zero-order valence-electron chi connectivity index (χ0n) is 17.8. The van der Waals surface area contributed by atoms with Gasteiger partial charge in [-0.3, -0.25) is 0 Å². The van der Waals surface area contributed by atoms with Crippen LogP contribution < -0.4 is 14.0 Å². The summed E-state index contributed by atoms with van der Waals surface area (Å²) < 4.78 is 13.2. The molecule has 1 N–H and O–H groups in total. The van der Waals surface area contributed by atoms with Crippen molar-refractivity contribution in [1.29, 1.82) is 0 Å². The monoisotopic (exact) mass is 421 g/mol. The molecule has 2 aromatic carbocycles. The molecule has 4 rings (SSSR count). The van der Waals surface area contributed by atoms with Gasteiger partial charge in [-0.1, -0.05) is 53.6 Å². The maximum Gasteiger partial charge on any atom is 0.423 e. The number of pyridine rings is 1. The molecule has 0 spiro atoms. The van der Waals surface area contributed by atoms with Crippen LogP contribution in [0, 0.1) is 13.8 Å². The van der Waals surface area contributed by atoms with Crippen LogP contribution in [0.15, 0.2) is 47.6 Å². The molecule has 0 radical (unpaired) electrons. The van der Waals surface area contributed by atoms with Gasteiger partial charge in [0, 0.05) is 10.9 Å². The molecule has 154 valence electrons. The van der Waals surface area contributed by atoms with E-state index in [1.54, 1.807) is 26.0 Å². The summed E-state index contributed by atoms with van der Waals surface area (Å²) in [5.74, 6) is 3.00. The lowest BCUT2D eigenvalue weighted by atomic mass is 10.0. The molecule has 0 bridgehead atoms. The van der Waals surface area contributed by atoms with E-state index in [1.807, 2.05) is 12.1 Å². The summed E-state index contributed by atoms with van der Waals surface area (Å²) in [6, 6.07) is 14.7. The van der Waals surface area contributed by atoms with Gasteiger partial charge in [-0.25, -0.2) is 0 Å². The van der Waals surface area contributed by atoms with Gasteiger partial charge < -0.3 is 9.47 Å². The topological polar surface area (TPSA) is 63.9 Å². The van der Waals surface area contributed by atoms with Gasteiger partial charge >= 0.3 is 5.95 Å². The Morgan fingerprint density at radius 2 is 1.70 bits per heavy atom. The number of rotatable bonds is 6. The highest BCUT2D eigenvalue weighted by molar-refractivity contribution is 7.99. The maximum atomic E-state index is 5.59. The molecule has 0 unspecified atom stereocenters. The predicted octanol–water partition coefficient (Wildman–Crippen LogP) is 4.65. The summed E-state index contributed by atoms with van der Waals surface area (Å²) in [7, 11) is 3.31. The molecule has 6 nitrogen and oxygen atoms in total. The Kier molecular flexibility index (Phi) is 5.63. The van der Waals surface area contributed by atoms with E-state index in [2.05, 4.69) is 65.9 Å². The largest absolute Gasteiger partial charge is 0.493 e. The SMILES string of the molecule is CCSc1n[nH]c(-[n+]2c(C)cc3cc(OC)c(OC)cc3c2-c2ccc(C)cc2)n1. The van der Waals surface area contributed by atoms with Crippen molar-refractivity contribution in [3.63, 3.8) is 0 Å². The van der Waals surface area contributed by atoms with Crippen molar-refractivity contribution in [1.82, 2.24) is 15.2 Å². The standard InChI is InChI=1S/C23H25N4O2S/c1-6-30-23-24-22(25-26-23)27-15(3)11-17-12-19(28-4)20(29-5)13-18(17)21(27)16-9-7-14(2)8-10-16/h7-13H,6H2,1-5H3,(H,24,25,26)/q+1. The molecule has 0 amide bonds. The van der Waals surface area contributed by atoms with Gasteiger partial charge in [0.2, 0.25) is 0 Å². The summed E-state index contributed by atoms with van der Waals surface area (Å²) in [6.07, 6.45) is 0. The Morgan fingerprint density at radius 1 is 1.00 bits per heavy atom. The van der Waals surface area contributed by atoms with Crippen LogP contribution in [0.5, 0.6) is 11.5 Å². The smallest absolute Gasteiger partial charge is 0.423 e. The molecule has 0 atom stereocenters. The fourth-order valence-corrected chi connectivity index (χ4v) is 4.13. The molecular weight excluding hydrogens is 396 g/mol. The van der Waals surface area contributed by atoms with Crippen molar-refractivity contribution in [3.05, 3.63) is 53.7 Å². The third-order valence-electron chi connectivity index (χ3n) is 5.01. The molecule has 0 aliphatic carbocycles. The summed E-state index contributed by atoms with van der Waals surface area (Å²) in [6.45, 7) is 6.25. The zero-order chi connectivity index (χ0) is 21.3. The van der Waals surface area contributed by atoms with Crippen LogP contribution >= 0.6 is 11.8 Å². The third-order valence-corrected chi connectivity index (χ3v) is 5.74. The van der Waals surface area contributed by atoms with E-state index in [4.69, 9.17) is 14.5 Å². The number of aryl methyl sites for hydroxylation is 2. The zero-order valence-corrected chi connectivity index (χ0v) is 18.6. The molecule has 0 aliphatic rings. The molecule has 0 aliphatic heterocycles. The van der Waals surface area contributed by atoms with Gasteiger partial charge in [-0.15, -0.1) is 5.10 Å². The summed E-state index contributed by atoms with van der Waals surface area (Å²) in [5.41, 5.74) is 4.36. The van der Waals surface area contributed by atoms with Crippen molar-refractivity contribution in [2.24, 2.45) is 0 Å². The summed E-state index contributed by atoms with van der Waals surface area (Å²) in [4.78, 5) is 4.72. The normalized spacial score (nSPS) is 11.1. The van der Waals surface area contributed by atoms with Gasteiger partial charge in [0.15, 0.2) is 11.5 Å². The van der Waals surface area contributed by atoms with Gasteiger partial charge in [0.25, 0.3) is 5.16 Å².